The van der Waals surface area contributed by atoms with E-state index in [1.165, 1.54) is 10.6 Å². The third-order valence-electron chi connectivity index (χ3n) is 2.56. The van der Waals surface area contributed by atoms with Crippen molar-refractivity contribution in [3.8, 4) is 0 Å². The minimum atomic E-state index is 0.887. The maximum absolute atomic E-state index is 4.28. The second kappa shape index (κ2) is 6.20. The molecule has 0 amide bonds. The Morgan fingerprint density at radius 2 is 2.28 bits per heavy atom. The van der Waals surface area contributed by atoms with Crippen LogP contribution in [0.15, 0.2) is 34.2 Å². The maximum Gasteiger partial charge on any atom is 0.127 e. The lowest BCUT2D eigenvalue weighted by Gasteiger charge is -2.19. The summed E-state index contributed by atoms with van der Waals surface area (Å²) in [6.45, 7) is 3.87. The summed E-state index contributed by atoms with van der Waals surface area (Å²) in [5.74, 6) is 0.925. The number of nitrogens with one attached hydrogen (secondary N) is 1. The minimum absolute atomic E-state index is 0.887. The Hall–Kier alpha value is -1.07. The summed E-state index contributed by atoms with van der Waals surface area (Å²) in [5.41, 5.74) is 1.17. The quantitative estimate of drug-likeness (QED) is 0.901. The van der Waals surface area contributed by atoms with E-state index in [4.69, 9.17) is 0 Å². The van der Waals surface area contributed by atoms with E-state index in [2.05, 4.69) is 62.6 Å². The van der Waals surface area contributed by atoms with E-state index in [0.717, 1.165) is 23.4 Å². The first kappa shape index (κ1) is 13.4. The molecule has 0 atom stereocenters. The standard InChI is InChI=1S/C13H16BrN3S/c1-3-15-13-7-11(4-5-16-13)17(2)8-12-6-10(14)9-18-12/h4-7,9H,3,8H2,1-2H3,(H,15,16). The smallest absolute Gasteiger partial charge is 0.127 e. The number of thiophene rings is 1. The van der Waals surface area contributed by atoms with Crippen LogP contribution in [0.2, 0.25) is 0 Å². The van der Waals surface area contributed by atoms with Crippen molar-refractivity contribution < 1.29 is 0 Å². The molecule has 0 aliphatic rings. The number of hydrogen-bond acceptors (Lipinski definition) is 4. The van der Waals surface area contributed by atoms with Crippen LogP contribution in [0.4, 0.5) is 11.5 Å². The molecule has 0 saturated carbocycles. The molecule has 0 radical (unpaired) electrons. The summed E-state index contributed by atoms with van der Waals surface area (Å²) < 4.78 is 1.15. The first-order chi connectivity index (χ1) is 8.69. The van der Waals surface area contributed by atoms with Crippen LogP contribution >= 0.6 is 27.3 Å². The second-order valence-electron chi connectivity index (χ2n) is 4.02. The topological polar surface area (TPSA) is 28.2 Å². The zero-order chi connectivity index (χ0) is 13.0. The minimum Gasteiger partial charge on any atom is -0.370 e. The molecular formula is C13H16BrN3S. The number of nitrogens with zero attached hydrogens (tertiary/aromatic N) is 2. The molecule has 0 aliphatic heterocycles. The van der Waals surface area contributed by atoms with Crippen LogP contribution in [0.25, 0.3) is 0 Å². The number of aromatic nitrogens is 1. The number of halogens is 1. The van der Waals surface area contributed by atoms with Gasteiger partial charge in [-0.15, -0.1) is 11.3 Å². The first-order valence-corrected chi connectivity index (χ1v) is 7.50. The fourth-order valence-corrected chi connectivity index (χ4v) is 3.20. The van der Waals surface area contributed by atoms with E-state index >= 15 is 0 Å². The molecular weight excluding hydrogens is 310 g/mol. The number of pyridine rings is 1. The third-order valence-corrected chi connectivity index (χ3v) is 4.24. The molecule has 2 aromatic heterocycles. The maximum atomic E-state index is 4.28. The zero-order valence-electron chi connectivity index (χ0n) is 10.5. The van der Waals surface area contributed by atoms with Crippen LogP contribution in [0.5, 0.6) is 0 Å². The van der Waals surface area contributed by atoms with Gasteiger partial charge < -0.3 is 10.2 Å². The van der Waals surface area contributed by atoms with Gasteiger partial charge in [-0.1, -0.05) is 0 Å². The Bertz CT molecular complexity index is 512. The van der Waals surface area contributed by atoms with Gasteiger partial charge in [0.15, 0.2) is 0 Å². The molecule has 2 heterocycles. The van der Waals surface area contributed by atoms with Gasteiger partial charge in [-0.3, -0.25) is 0 Å². The van der Waals surface area contributed by atoms with Crippen molar-refractivity contribution in [2.75, 3.05) is 23.8 Å². The van der Waals surface area contributed by atoms with Crippen LogP contribution < -0.4 is 10.2 Å². The van der Waals surface area contributed by atoms with Crippen molar-refractivity contribution in [3.63, 3.8) is 0 Å². The van der Waals surface area contributed by atoms with Crippen molar-refractivity contribution in [3.05, 3.63) is 39.1 Å². The van der Waals surface area contributed by atoms with E-state index in [9.17, 15) is 0 Å². The van der Waals surface area contributed by atoms with Gasteiger partial charge >= 0.3 is 0 Å². The normalized spacial score (nSPS) is 10.4. The molecule has 0 unspecified atom stereocenters. The summed E-state index contributed by atoms with van der Waals surface area (Å²) in [5, 5.41) is 5.34. The van der Waals surface area contributed by atoms with Gasteiger partial charge in [0.25, 0.3) is 0 Å². The SMILES string of the molecule is CCNc1cc(N(C)Cc2cc(Br)cs2)ccn1. The van der Waals surface area contributed by atoms with E-state index in [1.807, 2.05) is 12.3 Å². The zero-order valence-corrected chi connectivity index (χ0v) is 12.9. The Morgan fingerprint density at radius 1 is 1.44 bits per heavy atom. The van der Waals surface area contributed by atoms with Crippen LogP contribution in [-0.2, 0) is 6.54 Å². The molecule has 2 aromatic rings. The summed E-state index contributed by atoms with van der Waals surface area (Å²) in [6.07, 6.45) is 1.84. The lowest BCUT2D eigenvalue weighted by atomic mass is 10.3. The average molecular weight is 326 g/mol. The van der Waals surface area contributed by atoms with Crippen molar-refractivity contribution in [1.82, 2.24) is 4.98 Å². The predicted molar refractivity (Wildman–Crippen MR) is 82.5 cm³/mol. The van der Waals surface area contributed by atoms with Gasteiger partial charge in [0.1, 0.15) is 5.82 Å². The lowest BCUT2D eigenvalue weighted by molar-refractivity contribution is 0.937. The van der Waals surface area contributed by atoms with E-state index in [0.29, 0.717) is 0 Å². The molecule has 0 aliphatic carbocycles. The van der Waals surface area contributed by atoms with Crippen LogP contribution in [0.3, 0.4) is 0 Å². The van der Waals surface area contributed by atoms with Crippen molar-refractivity contribution in [2.45, 2.75) is 13.5 Å². The highest BCUT2D eigenvalue weighted by atomic mass is 79.9. The molecule has 1 N–H and O–H groups in total. The van der Waals surface area contributed by atoms with Crippen LogP contribution in [0, 0.1) is 0 Å². The third kappa shape index (κ3) is 3.46. The van der Waals surface area contributed by atoms with Crippen molar-refractivity contribution in [2.24, 2.45) is 0 Å². The molecule has 0 saturated heterocycles. The summed E-state index contributed by atoms with van der Waals surface area (Å²) >= 11 is 5.25. The highest BCUT2D eigenvalue weighted by Gasteiger charge is 2.05. The van der Waals surface area contributed by atoms with Gasteiger partial charge in [-0.05, 0) is 35.0 Å². The number of rotatable bonds is 5. The van der Waals surface area contributed by atoms with Crippen LogP contribution in [-0.4, -0.2) is 18.6 Å². The molecule has 96 valence electrons. The van der Waals surface area contributed by atoms with Gasteiger partial charge in [0, 0.05) is 46.3 Å². The Labute approximate surface area is 120 Å². The van der Waals surface area contributed by atoms with E-state index in [1.54, 1.807) is 11.3 Å². The molecule has 2 rings (SSSR count). The summed E-state index contributed by atoms with van der Waals surface area (Å²) in [6, 6.07) is 6.27. The largest absolute Gasteiger partial charge is 0.370 e. The molecule has 5 heteroatoms. The molecule has 0 bridgehead atoms. The van der Waals surface area contributed by atoms with E-state index in [-0.39, 0.29) is 0 Å². The Kier molecular flexibility index (Phi) is 4.60. The summed E-state index contributed by atoms with van der Waals surface area (Å²) in [7, 11) is 2.10. The molecule has 3 nitrogen and oxygen atoms in total. The van der Waals surface area contributed by atoms with Crippen molar-refractivity contribution >= 4 is 38.8 Å². The summed E-state index contributed by atoms with van der Waals surface area (Å²) in [4.78, 5) is 7.84. The lowest BCUT2D eigenvalue weighted by Crippen LogP contribution is -2.16. The van der Waals surface area contributed by atoms with Gasteiger partial charge in [-0.2, -0.15) is 0 Å². The Morgan fingerprint density at radius 3 is 2.94 bits per heavy atom. The molecule has 0 spiro atoms. The highest BCUT2D eigenvalue weighted by Crippen LogP contribution is 2.23. The molecule has 18 heavy (non-hydrogen) atoms. The average Bonchev–Trinajstić information content (AvgIpc) is 2.75. The second-order valence-corrected chi connectivity index (χ2v) is 5.93. The van der Waals surface area contributed by atoms with Gasteiger partial charge in [0.05, 0.1) is 6.54 Å². The van der Waals surface area contributed by atoms with Gasteiger partial charge in [-0.25, -0.2) is 4.98 Å². The predicted octanol–water partition coefficient (Wildman–Crippen LogP) is 3.97. The number of anilines is 2. The fraction of sp³-hybridized carbons (Fsp3) is 0.308. The van der Waals surface area contributed by atoms with E-state index < -0.39 is 0 Å². The highest BCUT2D eigenvalue weighted by molar-refractivity contribution is 9.10. The van der Waals surface area contributed by atoms with Crippen molar-refractivity contribution in [1.29, 1.82) is 0 Å². The Balaban J connectivity index is 2.08. The van der Waals surface area contributed by atoms with Gasteiger partial charge in [0.2, 0.25) is 0 Å². The number of hydrogen-bond donors (Lipinski definition) is 1. The fourth-order valence-electron chi connectivity index (χ4n) is 1.70. The monoisotopic (exact) mass is 325 g/mol. The van der Waals surface area contributed by atoms with Crippen LogP contribution in [0.1, 0.15) is 11.8 Å². The first-order valence-electron chi connectivity index (χ1n) is 5.83. The molecule has 0 fully saturated rings. The molecule has 0 aromatic carbocycles.